The molecule has 108 valence electrons. The lowest BCUT2D eigenvalue weighted by Crippen LogP contribution is -2.43. The van der Waals surface area contributed by atoms with Crippen LogP contribution in [0.3, 0.4) is 0 Å². The molecule has 8 heteroatoms. The molecule has 2 unspecified atom stereocenters. The summed E-state index contributed by atoms with van der Waals surface area (Å²) < 4.78 is 35.2. The van der Waals surface area contributed by atoms with Crippen LogP contribution in [-0.4, -0.2) is 31.2 Å². The first kappa shape index (κ1) is 14.2. The van der Waals surface area contributed by atoms with Crippen molar-refractivity contribution in [3.63, 3.8) is 0 Å². The third-order valence-corrected chi connectivity index (χ3v) is 6.70. The fourth-order valence-electron chi connectivity index (χ4n) is 2.34. The molecule has 1 fully saturated rings. The molecule has 3 rings (SSSR count). The number of hydrogen-bond donors (Lipinski definition) is 0. The minimum absolute atomic E-state index is 0.147. The van der Waals surface area contributed by atoms with E-state index in [0.717, 1.165) is 17.8 Å². The first-order valence-corrected chi connectivity index (χ1v) is 8.96. The Balaban J connectivity index is 1.98. The van der Waals surface area contributed by atoms with E-state index in [9.17, 15) is 8.42 Å². The topological polar surface area (TPSA) is 62.1 Å². The van der Waals surface area contributed by atoms with Gasteiger partial charge in [-0.1, -0.05) is 13.0 Å². The predicted molar refractivity (Wildman–Crippen MR) is 80.2 cm³/mol. The van der Waals surface area contributed by atoms with Gasteiger partial charge in [0.25, 0.3) is 0 Å². The van der Waals surface area contributed by atoms with E-state index in [4.69, 9.17) is 11.6 Å². The highest BCUT2D eigenvalue weighted by Gasteiger charge is 2.34. The molecular formula is C12H14ClN3O2S2. The minimum atomic E-state index is -3.56. The Morgan fingerprint density at radius 2 is 2.20 bits per heavy atom. The molecule has 0 spiro atoms. The number of benzene rings is 1. The standard InChI is InChI=1S/C12H14ClN3O2S2/c1-8-5-6-16(7-9(8)13)20(17,18)11-4-2-3-10-12(11)15-19-14-10/h2-4,8-9H,5-7H2,1H3. The maximum Gasteiger partial charge on any atom is 0.245 e. The SMILES string of the molecule is CC1CCN(S(=O)(=O)c2cccc3c2N=S=N3)CC1Cl. The van der Waals surface area contributed by atoms with Crippen LogP contribution in [0.5, 0.6) is 0 Å². The lowest BCUT2D eigenvalue weighted by atomic mass is 10.0. The second-order valence-electron chi connectivity index (χ2n) is 5.03. The number of rotatable bonds is 2. The smallest absolute Gasteiger partial charge is 0.207 e. The summed E-state index contributed by atoms with van der Waals surface area (Å²) in [5.74, 6) is 0.333. The summed E-state index contributed by atoms with van der Waals surface area (Å²) in [7, 11) is -3.56. The molecule has 1 aromatic carbocycles. The van der Waals surface area contributed by atoms with Crippen molar-refractivity contribution in [3.8, 4) is 0 Å². The quantitative estimate of drug-likeness (QED) is 0.794. The van der Waals surface area contributed by atoms with E-state index in [0.29, 0.717) is 30.4 Å². The van der Waals surface area contributed by atoms with Gasteiger partial charge in [-0.25, -0.2) is 8.42 Å². The first-order chi connectivity index (χ1) is 9.50. The van der Waals surface area contributed by atoms with Crippen molar-refractivity contribution in [1.82, 2.24) is 4.31 Å². The van der Waals surface area contributed by atoms with E-state index in [2.05, 4.69) is 8.73 Å². The number of alkyl halides is 1. The van der Waals surface area contributed by atoms with Gasteiger partial charge in [0.2, 0.25) is 10.0 Å². The van der Waals surface area contributed by atoms with Crippen molar-refractivity contribution in [2.45, 2.75) is 23.6 Å². The lowest BCUT2D eigenvalue weighted by Gasteiger charge is -2.33. The maximum absolute atomic E-state index is 12.8. The second kappa shape index (κ2) is 5.22. The fraction of sp³-hybridized carbons (Fsp3) is 0.500. The summed E-state index contributed by atoms with van der Waals surface area (Å²) in [4.78, 5) is 0.224. The molecule has 1 saturated heterocycles. The van der Waals surface area contributed by atoms with Gasteiger partial charge in [0.15, 0.2) is 0 Å². The van der Waals surface area contributed by atoms with Crippen molar-refractivity contribution in [1.29, 1.82) is 0 Å². The monoisotopic (exact) mass is 331 g/mol. The molecule has 0 N–H and O–H groups in total. The van der Waals surface area contributed by atoms with Gasteiger partial charge >= 0.3 is 0 Å². The average molecular weight is 332 g/mol. The van der Waals surface area contributed by atoms with Crippen LogP contribution in [0.2, 0.25) is 0 Å². The highest BCUT2D eigenvalue weighted by Crippen LogP contribution is 2.39. The number of hydrogen-bond acceptors (Lipinski definition) is 4. The Morgan fingerprint density at radius 1 is 1.40 bits per heavy atom. The van der Waals surface area contributed by atoms with Gasteiger partial charge in [0, 0.05) is 18.5 Å². The Morgan fingerprint density at radius 3 is 2.95 bits per heavy atom. The van der Waals surface area contributed by atoms with Crippen LogP contribution in [0.1, 0.15) is 13.3 Å². The molecule has 0 aromatic heterocycles. The molecule has 0 radical (unpaired) electrons. The van der Waals surface area contributed by atoms with Gasteiger partial charge < -0.3 is 0 Å². The summed E-state index contributed by atoms with van der Waals surface area (Å²) >= 11 is 7.24. The van der Waals surface area contributed by atoms with Crippen LogP contribution in [0.25, 0.3) is 0 Å². The fourth-order valence-corrected chi connectivity index (χ4v) is 4.95. The zero-order valence-electron chi connectivity index (χ0n) is 10.9. The Labute approximate surface area is 126 Å². The van der Waals surface area contributed by atoms with Crippen molar-refractivity contribution >= 4 is 44.4 Å². The zero-order chi connectivity index (χ0) is 14.3. The Hall–Kier alpha value is -0.760. The maximum atomic E-state index is 12.8. The zero-order valence-corrected chi connectivity index (χ0v) is 13.2. The van der Waals surface area contributed by atoms with E-state index >= 15 is 0 Å². The Bertz CT molecular complexity index is 713. The molecule has 2 atom stereocenters. The third kappa shape index (κ3) is 2.32. The van der Waals surface area contributed by atoms with Crippen molar-refractivity contribution in [2.75, 3.05) is 13.1 Å². The van der Waals surface area contributed by atoms with Crippen molar-refractivity contribution < 1.29 is 8.42 Å². The number of nitrogens with zero attached hydrogens (tertiary/aromatic N) is 3. The van der Waals surface area contributed by atoms with E-state index in [1.165, 1.54) is 4.31 Å². The summed E-state index contributed by atoms with van der Waals surface area (Å²) in [5, 5.41) is -0.147. The van der Waals surface area contributed by atoms with Crippen molar-refractivity contribution in [3.05, 3.63) is 18.2 Å². The van der Waals surface area contributed by atoms with Crippen LogP contribution in [0.4, 0.5) is 11.4 Å². The van der Waals surface area contributed by atoms with E-state index in [1.807, 2.05) is 6.92 Å². The largest absolute Gasteiger partial charge is 0.245 e. The van der Waals surface area contributed by atoms with Crippen LogP contribution >= 0.6 is 11.6 Å². The molecular weight excluding hydrogens is 318 g/mol. The molecule has 20 heavy (non-hydrogen) atoms. The molecule has 2 heterocycles. The number of fused-ring (bicyclic) bond motifs is 1. The third-order valence-electron chi connectivity index (χ3n) is 3.70. The van der Waals surface area contributed by atoms with Crippen LogP contribution in [0.15, 0.2) is 31.8 Å². The summed E-state index contributed by atoms with van der Waals surface area (Å²) in [6.45, 7) is 2.90. The molecule has 0 aliphatic carbocycles. The van der Waals surface area contributed by atoms with Crippen LogP contribution < -0.4 is 0 Å². The lowest BCUT2D eigenvalue weighted by molar-refractivity contribution is 0.293. The molecule has 0 saturated carbocycles. The summed E-state index contributed by atoms with van der Waals surface area (Å²) in [5.41, 5.74) is 1.06. The van der Waals surface area contributed by atoms with Gasteiger partial charge in [-0.2, -0.15) is 13.0 Å². The molecule has 0 bridgehead atoms. The van der Waals surface area contributed by atoms with Gasteiger partial charge in [-0.3, -0.25) is 0 Å². The highest BCUT2D eigenvalue weighted by atomic mass is 35.5. The van der Waals surface area contributed by atoms with Gasteiger partial charge in [0.05, 0.1) is 11.4 Å². The molecule has 1 aromatic rings. The number of sulfonamides is 1. The number of piperidine rings is 1. The second-order valence-corrected chi connectivity index (χ2v) is 8.03. The van der Waals surface area contributed by atoms with Crippen molar-refractivity contribution in [2.24, 2.45) is 14.6 Å². The van der Waals surface area contributed by atoms with Gasteiger partial charge in [-0.05, 0) is 24.5 Å². The molecule has 2 aliphatic rings. The normalized spacial score (nSPS) is 26.3. The van der Waals surface area contributed by atoms with Gasteiger partial charge in [0.1, 0.15) is 16.3 Å². The van der Waals surface area contributed by atoms with E-state index in [1.54, 1.807) is 18.2 Å². The van der Waals surface area contributed by atoms with Crippen LogP contribution in [-0.2, 0) is 21.4 Å². The summed E-state index contributed by atoms with van der Waals surface area (Å²) in [6.07, 6.45) is 0.776. The van der Waals surface area contributed by atoms with Gasteiger partial charge in [-0.15, -0.1) is 11.6 Å². The Kier molecular flexibility index (Phi) is 3.70. The number of halogens is 1. The molecule has 0 amide bonds. The highest BCUT2D eigenvalue weighted by molar-refractivity contribution is 7.89. The summed E-state index contributed by atoms with van der Waals surface area (Å²) in [6, 6.07) is 5.04. The van der Waals surface area contributed by atoms with E-state index in [-0.39, 0.29) is 10.3 Å². The average Bonchev–Trinajstić information content (AvgIpc) is 2.89. The molecule has 2 aliphatic heterocycles. The molecule has 5 nitrogen and oxygen atoms in total. The van der Waals surface area contributed by atoms with E-state index < -0.39 is 10.0 Å². The minimum Gasteiger partial charge on any atom is -0.207 e. The predicted octanol–water partition coefficient (Wildman–Crippen LogP) is 3.05. The first-order valence-electron chi connectivity index (χ1n) is 6.35. The van der Waals surface area contributed by atoms with Crippen LogP contribution in [0, 0.1) is 5.92 Å².